The van der Waals surface area contributed by atoms with E-state index in [1.54, 1.807) is 29.2 Å². The van der Waals surface area contributed by atoms with Crippen molar-refractivity contribution in [3.63, 3.8) is 0 Å². The third-order valence-corrected chi connectivity index (χ3v) is 4.23. The molecule has 124 valence electrons. The molecule has 0 spiro atoms. The lowest BCUT2D eigenvalue weighted by Gasteiger charge is -2.33. The molecule has 0 bridgehead atoms. The number of halogens is 1. The van der Waals surface area contributed by atoms with Gasteiger partial charge in [0, 0.05) is 18.5 Å². The molecule has 2 amide bonds. The summed E-state index contributed by atoms with van der Waals surface area (Å²) in [6.45, 7) is 1.96. The van der Waals surface area contributed by atoms with Gasteiger partial charge < -0.3 is 15.0 Å². The van der Waals surface area contributed by atoms with Crippen LogP contribution >= 0.6 is 11.6 Å². The Hall–Kier alpha value is -2.53. The minimum absolute atomic E-state index is 0.130. The van der Waals surface area contributed by atoms with Gasteiger partial charge in [-0.3, -0.25) is 9.59 Å². The molecular weight excluding hydrogens is 328 g/mol. The first kappa shape index (κ1) is 16.3. The van der Waals surface area contributed by atoms with Gasteiger partial charge in [-0.25, -0.2) is 0 Å². The lowest BCUT2D eigenvalue weighted by Crippen LogP contribution is -2.50. The van der Waals surface area contributed by atoms with Crippen molar-refractivity contribution in [2.45, 2.75) is 19.6 Å². The SMILES string of the molecule is CC(=O)N1CC(C(=O)NCc2ccccc2Cl)Oc2ccccc21. The fraction of sp³-hybridized carbons (Fsp3) is 0.222. The van der Waals surface area contributed by atoms with Crippen LogP contribution in [0.25, 0.3) is 0 Å². The zero-order chi connectivity index (χ0) is 17.1. The molecule has 0 saturated heterocycles. The number of hydrogen-bond acceptors (Lipinski definition) is 3. The molecule has 0 saturated carbocycles. The van der Waals surface area contributed by atoms with E-state index in [2.05, 4.69) is 5.32 Å². The van der Waals surface area contributed by atoms with Crippen molar-refractivity contribution >= 4 is 29.1 Å². The fourth-order valence-corrected chi connectivity index (χ4v) is 2.81. The van der Waals surface area contributed by atoms with Gasteiger partial charge in [-0.05, 0) is 23.8 Å². The summed E-state index contributed by atoms with van der Waals surface area (Å²) in [5, 5.41) is 3.41. The number of benzene rings is 2. The average Bonchev–Trinajstić information content (AvgIpc) is 2.59. The highest BCUT2D eigenvalue weighted by Gasteiger charge is 2.32. The molecule has 0 radical (unpaired) electrons. The molecule has 0 aliphatic carbocycles. The number of rotatable bonds is 3. The first-order valence-corrected chi connectivity index (χ1v) is 7.99. The van der Waals surface area contributed by atoms with Crippen LogP contribution in [0.1, 0.15) is 12.5 Å². The van der Waals surface area contributed by atoms with Crippen LogP contribution in [0.5, 0.6) is 5.75 Å². The molecule has 1 aliphatic rings. The molecule has 1 aliphatic heterocycles. The summed E-state index contributed by atoms with van der Waals surface area (Å²) in [4.78, 5) is 25.9. The predicted octanol–water partition coefficient (Wildman–Crippen LogP) is 2.77. The van der Waals surface area contributed by atoms with E-state index in [0.29, 0.717) is 23.0 Å². The van der Waals surface area contributed by atoms with Crippen molar-refractivity contribution in [3.05, 3.63) is 59.1 Å². The Balaban J connectivity index is 1.72. The Bertz CT molecular complexity index is 778. The van der Waals surface area contributed by atoms with Crippen LogP contribution in [0.2, 0.25) is 5.02 Å². The van der Waals surface area contributed by atoms with Crippen LogP contribution in [0.3, 0.4) is 0 Å². The zero-order valence-electron chi connectivity index (χ0n) is 13.2. The molecule has 1 unspecified atom stereocenters. The number of nitrogens with zero attached hydrogens (tertiary/aromatic N) is 1. The van der Waals surface area contributed by atoms with Gasteiger partial charge in [-0.1, -0.05) is 41.9 Å². The van der Waals surface area contributed by atoms with E-state index in [4.69, 9.17) is 16.3 Å². The van der Waals surface area contributed by atoms with Gasteiger partial charge in [-0.15, -0.1) is 0 Å². The van der Waals surface area contributed by atoms with Crippen molar-refractivity contribution in [2.24, 2.45) is 0 Å². The molecule has 6 heteroatoms. The van der Waals surface area contributed by atoms with E-state index in [0.717, 1.165) is 5.56 Å². The second-order valence-corrected chi connectivity index (χ2v) is 5.92. The van der Waals surface area contributed by atoms with Crippen LogP contribution in [-0.2, 0) is 16.1 Å². The third-order valence-electron chi connectivity index (χ3n) is 3.86. The topological polar surface area (TPSA) is 58.6 Å². The first-order valence-electron chi connectivity index (χ1n) is 7.61. The number of anilines is 1. The molecule has 24 heavy (non-hydrogen) atoms. The van der Waals surface area contributed by atoms with E-state index in [9.17, 15) is 9.59 Å². The highest BCUT2D eigenvalue weighted by atomic mass is 35.5. The largest absolute Gasteiger partial charge is 0.477 e. The summed E-state index contributed by atoms with van der Waals surface area (Å²) in [6, 6.07) is 14.5. The number of para-hydroxylation sites is 2. The van der Waals surface area contributed by atoms with E-state index in [1.165, 1.54) is 6.92 Å². The Morgan fingerprint density at radius 3 is 2.67 bits per heavy atom. The number of amides is 2. The van der Waals surface area contributed by atoms with Crippen molar-refractivity contribution in [3.8, 4) is 5.75 Å². The molecule has 0 aromatic heterocycles. The number of carbonyl (C=O) groups is 2. The van der Waals surface area contributed by atoms with Crippen LogP contribution in [0.15, 0.2) is 48.5 Å². The minimum atomic E-state index is -0.758. The first-order chi connectivity index (χ1) is 11.6. The predicted molar refractivity (Wildman–Crippen MR) is 92.2 cm³/mol. The van der Waals surface area contributed by atoms with Gasteiger partial charge >= 0.3 is 0 Å². The van der Waals surface area contributed by atoms with Gasteiger partial charge in [0.2, 0.25) is 5.91 Å². The molecule has 2 aromatic carbocycles. The van der Waals surface area contributed by atoms with E-state index in [-0.39, 0.29) is 18.4 Å². The number of carbonyl (C=O) groups excluding carboxylic acids is 2. The average molecular weight is 345 g/mol. The number of fused-ring (bicyclic) bond motifs is 1. The monoisotopic (exact) mass is 344 g/mol. The summed E-state index contributed by atoms with van der Waals surface area (Å²) in [7, 11) is 0. The van der Waals surface area contributed by atoms with Crippen LogP contribution in [0.4, 0.5) is 5.69 Å². The van der Waals surface area contributed by atoms with E-state index >= 15 is 0 Å². The Morgan fingerprint density at radius 1 is 1.21 bits per heavy atom. The van der Waals surface area contributed by atoms with Gasteiger partial charge in [0.25, 0.3) is 5.91 Å². The molecule has 3 rings (SSSR count). The zero-order valence-corrected chi connectivity index (χ0v) is 13.9. The second kappa shape index (κ2) is 6.93. The Morgan fingerprint density at radius 2 is 1.92 bits per heavy atom. The highest BCUT2D eigenvalue weighted by molar-refractivity contribution is 6.31. The Labute approximate surface area is 145 Å². The lowest BCUT2D eigenvalue weighted by atomic mass is 10.1. The van der Waals surface area contributed by atoms with Gasteiger partial charge in [0.1, 0.15) is 5.75 Å². The molecule has 1 N–H and O–H groups in total. The van der Waals surface area contributed by atoms with Crippen molar-refractivity contribution < 1.29 is 14.3 Å². The summed E-state index contributed by atoms with van der Waals surface area (Å²) in [5.41, 5.74) is 1.51. The lowest BCUT2D eigenvalue weighted by molar-refractivity contribution is -0.128. The maximum absolute atomic E-state index is 12.4. The Kier molecular flexibility index (Phi) is 4.71. The standard InChI is InChI=1S/C18H17ClN2O3/c1-12(22)21-11-17(24-16-9-5-4-8-15(16)21)18(23)20-10-13-6-2-3-7-14(13)19/h2-9,17H,10-11H2,1H3,(H,20,23). The number of hydrogen-bond donors (Lipinski definition) is 1. The molecule has 0 fully saturated rings. The maximum Gasteiger partial charge on any atom is 0.263 e. The van der Waals surface area contributed by atoms with E-state index < -0.39 is 6.10 Å². The fourth-order valence-electron chi connectivity index (χ4n) is 2.61. The minimum Gasteiger partial charge on any atom is -0.477 e. The molecule has 5 nitrogen and oxygen atoms in total. The van der Waals surface area contributed by atoms with Gasteiger partial charge in [0.15, 0.2) is 6.10 Å². The van der Waals surface area contributed by atoms with Gasteiger partial charge in [-0.2, -0.15) is 0 Å². The highest BCUT2D eigenvalue weighted by Crippen LogP contribution is 2.33. The molecule has 2 aromatic rings. The van der Waals surface area contributed by atoms with Gasteiger partial charge in [0.05, 0.1) is 12.2 Å². The molecule has 1 atom stereocenters. The summed E-state index contributed by atoms with van der Waals surface area (Å²) >= 11 is 6.09. The normalized spacial score (nSPS) is 16.1. The molecule has 1 heterocycles. The summed E-state index contributed by atoms with van der Waals surface area (Å²) in [5.74, 6) is 0.113. The smallest absolute Gasteiger partial charge is 0.263 e. The summed E-state index contributed by atoms with van der Waals surface area (Å²) < 4.78 is 5.75. The van der Waals surface area contributed by atoms with Crippen LogP contribution < -0.4 is 15.0 Å². The number of ether oxygens (including phenoxy) is 1. The van der Waals surface area contributed by atoms with E-state index in [1.807, 2.05) is 24.3 Å². The van der Waals surface area contributed by atoms with Crippen molar-refractivity contribution in [2.75, 3.05) is 11.4 Å². The quantitative estimate of drug-likeness (QED) is 0.931. The summed E-state index contributed by atoms with van der Waals surface area (Å²) in [6.07, 6.45) is -0.758. The van der Waals surface area contributed by atoms with Crippen molar-refractivity contribution in [1.82, 2.24) is 5.32 Å². The number of nitrogens with one attached hydrogen (secondary N) is 1. The third kappa shape index (κ3) is 3.36. The van der Waals surface area contributed by atoms with Crippen LogP contribution in [0, 0.1) is 0 Å². The second-order valence-electron chi connectivity index (χ2n) is 5.51. The van der Waals surface area contributed by atoms with Crippen molar-refractivity contribution in [1.29, 1.82) is 0 Å². The molecular formula is C18H17ClN2O3. The van der Waals surface area contributed by atoms with Crippen LogP contribution in [-0.4, -0.2) is 24.5 Å². The maximum atomic E-state index is 12.4.